The maximum atomic E-state index is 11.7. The number of rotatable bonds is 2. The summed E-state index contributed by atoms with van der Waals surface area (Å²) in [6.07, 6.45) is 1.64. The Bertz CT molecular complexity index is 884. The van der Waals surface area contributed by atoms with Gasteiger partial charge in [0.15, 0.2) is 5.82 Å². The second-order valence-electron chi connectivity index (χ2n) is 5.39. The molecule has 0 unspecified atom stereocenters. The Hall–Kier alpha value is -2.74. The predicted octanol–water partition coefficient (Wildman–Crippen LogP) is 0.474. The summed E-state index contributed by atoms with van der Waals surface area (Å²) in [5, 5.41) is 11.6. The Labute approximate surface area is 132 Å². The van der Waals surface area contributed by atoms with Crippen LogP contribution in [0, 0.1) is 0 Å². The van der Waals surface area contributed by atoms with Crippen molar-refractivity contribution in [3.05, 3.63) is 30.1 Å². The monoisotopic (exact) mass is 312 g/mol. The smallest absolute Gasteiger partial charge is 0.337 e. The lowest BCUT2D eigenvalue weighted by molar-refractivity contribution is 0.0601. The predicted molar refractivity (Wildman–Crippen MR) is 84.7 cm³/mol. The summed E-state index contributed by atoms with van der Waals surface area (Å²) >= 11 is 0. The Morgan fingerprint density at radius 3 is 2.91 bits per heavy atom. The number of hydrogen-bond donors (Lipinski definition) is 1. The van der Waals surface area contributed by atoms with Crippen molar-refractivity contribution in [2.75, 3.05) is 38.2 Å². The highest BCUT2D eigenvalue weighted by molar-refractivity contribution is 5.94. The SMILES string of the molecule is COC(=O)c1ccc2nc(N3CCNCC3)c3nncn3c2c1. The molecular weight excluding hydrogens is 296 g/mol. The molecule has 1 N–H and O–H groups in total. The van der Waals surface area contributed by atoms with Gasteiger partial charge in [-0.1, -0.05) is 0 Å². The molecule has 0 bridgehead atoms. The van der Waals surface area contributed by atoms with E-state index in [4.69, 9.17) is 9.72 Å². The number of nitrogens with zero attached hydrogens (tertiary/aromatic N) is 5. The van der Waals surface area contributed by atoms with E-state index in [1.165, 1.54) is 7.11 Å². The van der Waals surface area contributed by atoms with Crippen molar-refractivity contribution in [1.29, 1.82) is 0 Å². The van der Waals surface area contributed by atoms with E-state index in [0.717, 1.165) is 43.0 Å². The quantitative estimate of drug-likeness (QED) is 0.689. The van der Waals surface area contributed by atoms with Crippen molar-refractivity contribution in [1.82, 2.24) is 24.9 Å². The zero-order chi connectivity index (χ0) is 15.8. The third-order valence-electron chi connectivity index (χ3n) is 4.05. The maximum absolute atomic E-state index is 11.7. The Balaban J connectivity index is 1.92. The minimum atomic E-state index is -0.376. The summed E-state index contributed by atoms with van der Waals surface area (Å²) in [5.41, 5.74) is 2.75. The van der Waals surface area contributed by atoms with Crippen LogP contribution in [0.25, 0.3) is 16.7 Å². The van der Waals surface area contributed by atoms with Crippen molar-refractivity contribution in [3.63, 3.8) is 0 Å². The summed E-state index contributed by atoms with van der Waals surface area (Å²) in [7, 11) is 1.37. The number of carbonyl (C=O) groups is 1. The zero-order valence-electron chi connectivity index (χ0n) is 12.7. The van der Waals surface area contributed by atoms with Gasteiger partial charge in [-0.05, 0) is 18.2 Å². The van der Waals surface area contributed by atoms with Crippen LogP contribution in [0.2, 0.25) is 0 Å². The summed E-state index contributed by atoms with van der Waals surface area (Å²) in [6, 6.07) is 5.30. The molecule has 1 aliphatic heterocycles. The molecular formula is C15H16N6O2. The molecule has 8 nitrogen and oxygen atoms in total. The van der Waals surface area contributed by atoms with Crippen LogP contribution in [-0.2, 0) is 4.74 Å². The van der Waals surface area contributed by atoms with Crippen molar-refractivity contribution in [2.24, 2.45) is 0 Å². The van der Waals surface area contributed by atoms with Gasteiger partial charge in [-0.15, -0.1) is 10.2 Å². The van der Waals surface area contributed by atoms with E-state index in [-0.39, 0.29) is 5.97 Å². The fraction of sp³-hybridized carbons (Fsp3) is 0.333. The molecule has 0 amide bonds. The largest absolute Gasteiger partial charge is 0.465 e. The van der Waals surface area contributed by atoms with Crippen LogP contribution in [0.4, 0.5) is 5.82 Å². The third kappa shape index (κ3) is 2.27. The standard InChI is InChI=1S/C15H16N6O2/c1-23-15(22)10-2-3-11-12(8-10)21-9-17-19-14(21)13(18-11)20-6-4-16-5-7-20/h2-3,8-9,16H,4-7H2,1H3. The molecule has 4 rings (SSSR count). The van der Waals surface area contributed by atoms with Gasteiger partial charge in [-0.25, -0.2) is 9.78 Å². The van der Waals surface area contributed by atoms with Gasteiger partial charge in [0.2, 0.25) is 5.65 Å². The first-order chi connectivity index (χ1) is 11.3. The molecule has 1 fully saturated rings. The molecule has 3 heterocycles. The summed E-state index contributed by atoms with van der Waals surface area (Å²) in [6.45, 7) is 3.59. The number of piperazine rings is 1. The van der Waals surface area contributed by atoms with Crippen LogP contribution in [0.3, 0.4) is 0 Å². The second kappa shape index (κ2) is 5.47. The number of fused-ring (bicyclic) bond motifs is 3. The first-order valence-corrected chi connectivity index (χ1v) is 7.45. The van der Waals surface area contributed by atoms with E-state index >= 15 is 0 Å². The lowest BCUT2D eigenvalue weighted by atomic mass is 10.2. The summed E-state index contributed by atoms with van der Waals surface area (Å²) in [5.74, 6) is 0.446. The second-order valence-corrected chi connectivity index (χ2v) is 5.39. The lowest BCUT2D eigenvalue weighted by Gasteiger charge is -2.28. The van der Waals surface area contributed by atoms with E-state index in [0.29, 0.717) is 11.2 Å². The molecule has 2 aromatic heterocycles. The van der Waals surface area contributed by atoms with Gasteiger partial charge >= 0.3 is 5.97 Å². The molecule has 1 aromatic carbocycles. The lowest BCUT2D eigenvalue weighted by Crippen LogP contribution is -2.44. The van der Waals surface area contributed by atoms with E-state index in [2.05, 4.69) is 20.4 Å². The normalized spacial score (nSPS) is 15.3. The Morgan fingerprint density at radius 2 is 2.13 bits per heavy atom. The average Bonchev–Trinajstić information content (AvgIpc) is 3.10. The molecule has 1 aliphatic rings. The minimum absolute atomic E-state index is 0.376. The van der Waals surface area contributed by atoms with Crippen LogP contribution in [0.1, 0.15) is 10.4 Å². The van der Waals surface area contributed by atoms with Crippen LogP contribution < -0.4 is 10.2 Å². The number of hydrogen-bond acceptors (Lipinski definition) is 7. The van der Waals surface area contributed by atoms with Gasteiger partial charge in [0.25, 0.3) is 0 Å². The van der Waals surface area contributed by atoms with Gasteiger partial charge in [-0.2, -0.15) is 0 Å². The van der Waals surface area contributed by atoms with Gasteiger partial charge in [0, 0.05) is 26.2 Å². The van der Waals surface area contributed by atoms with Crippen LogP contribution >= 0.6 is 0 Å². The maximum Gasteiger partial charge on any atom is 0.337 e. The number of esters is 1. The van der Waals surface area contributed by atoms with Gasteiger partial charge in [0.05, 0.1) is 23.7 Å². The van der Waals surface area contributed by atoms with Gasteiger partial charge < -0.3 is 15.0 Å². The highest BCUT2D eigenvalue weighted by Gasteiger charge is 2.19. The Kier molecular flexibility index (Phi) is 3.30. The summed E-state index contributed by atoms with van der Waals surface area (Å²) < 4.78 is 6.65. The van der Waals surface area contributed by atoms with Crippen molar-refractivity contribution in [3.8, 4) is 0 Å². The molecule has 23 heavy (non-hydrogen) atoms. The van der Waals surface area contributed by atoms with E-state index < -0.39 is 0 Å². The molecule has 0 spiro atoms. The molecule has 3 aromatic rings. The van der Waals surface area contributed by atoms with Crippen LogP contribution in [0.15, 0.2) is 24.5 Å². The number of methoxy groups -OCH3 is 1. The zero-order valence-corrected chi connectivity index (χ0v) is 12.7. The molecule has 0 radical (unpaired) electrons. The fourth-order valence-electron chi connectivity index (χ4n) is 2.87. The van der Waals surface area contributed by atoms with Crippen LogP contribution in [0.5, 0.6) is 0 Å². The Morgan fingerprint density at radius 1 is 1.30 bits per heavy atom. The molecule has 0 saturated carbocycles. The van der Waals surface area contributed by atoms with E-state index in [1.807, 2.05) is 10.5 Å². The number of ether oxygens (including phenoxy) is 1. The van der Waals surface area contributed by atoms with Gasteiger partial charge in [0.1, 0.15) is 6.33 Å². The number of carbonyl (C=O) groups excluding carboxylic acids is 1. The number of benzene rings is 1. The minimum Gasteiger partial charge on any atom is -0.465 e. The van der Waals surface area contributed by atoms with Gasteiger partial charge in [-0.3, -0.25) is 4.40 Å². The van der Waals surface area contributed by atoms with Crippen molar-refractivity contribution >= 4 is 28.5 Å². The molecule has 0 aliphatic carbocycles. The molecule has 0 atom stereocenters. The number of anilines is 1. The first kappa shape index (κ1) is 13.9. The molecule has 118 valence electrons. The highest BCUT2D eigenvalue weighted by Crippen LogP contribution is 2.24. The van der Waals surface area contributed by atoms with E-state index in [1.54, 1.807) is 18.5 Å². The molecule has 8 heteroatoms. The summed E-state index contributed by atoms with van der Waals surface area (Å²) in [4.78, 5) is 18.7. The van der Waals surface area contributed by atoms with E-state index in [9.17, 15) is 4.79 Å². The number of aromatic nitrogens is 4. The number of nitrogens with one attached hydrogen (secondary N) is 1. The molecule has 1 saturated heterocycles. The first-order valence-electron chi connectivity index (χ1n) is 7.45. The van der Waals surface area contributed by atoms with Crippen LogP contribution in [-0.4, -0.2) is 58.8 Å². The van der Waals surface area contributed by atoms with Crippen molar-refractivity contribution < 1.29 is 9.53 Å². The average molecular weight is 312 g/mol. The highest BCUT2D eigenvalue weighted by atomic mass is 16.5. The fourth-order valence-corrected chi connectivity index (χ4v) is 2.87. The van der Waals surface area contributed by atoms with Crippen molar-refractivity contribution in [2.45, 2.75) is 0 Å². The topological polar surface area (TPSA) is 84.6 Å². The third-order valence-corrected chi connectivity index (χ3v) is 4.05.